The van der Waals surface area contributed by atoms with E-state index in [0.717, 1.165) is 10.6 Å². The number of aromatic nitrogens is 4. The normalized spacial score (nSPS) is 11.5. The summed E-state index contributed by atoms with van der Waals surface area (Å²) in [6.45, 7) is 0. The third-order valence-electron chi connectivity index (χ3n) is 4.18. The molecule has 0 atom stereocenters. The minimum Gasteiger partial charge on any atom is -0.286 e. The van der Waals surface area contributed by atoms with Crippen LogP contribution in [-0.2, 0) is 0 Å². The molecule has 0 radical (unpaired) electrons. The van der Waals surface area contributed by atoms with Crippen molar-refractivity contribution in [3.8, 4) is 0 Å². The van der Waals surface area contributed by atoms with Crippen LogP contribution < -0.4 is 21.0 Å². The Kier molecular flexibility index (Phi) is 3.40. The topological polar surface area (TPSA) is 57.4 Å². The second-order valence-corrected chi connectivity index (χ2v) is 9.08. The Balaban J connectivity index is 2.11. The van der Waals surface area contributed by atoms with Crippen molar-refractivity contribution >= 4 is 29.1 Å². The standard InChI is InChI=1S/C18H16N4Si/c1-3-7-15(8-4-1)23(17-11-13-19-21-17,18-12-14-20-22-18)16-9-5-2-6-10-16/h1-14H,(H,19,21)(H,20,22). The van der Waals surface area contributed by atoms with Gasteiger partial charge in [-0.15, -0.1) is 0 Å². The number of benzene rings is 2. The molecule has 0 aliphatic carbocycles. The third kappa shape index (κ3) is 2.13. The van der Waals surface area contributed by atoms with Crippen LogP contribution in [-0.4, -0.2) is 28.5 Å². The minimum absolute atomic E-state index is 1.06. The summed E-state index contributed by atoms with van der Waals surface area (Å²) in [4.78, 5) is 0. The SMILES string of the molecule is c1ccc([Si](c2ccccc2)(c2cc[nH]n2)c2cc[nH]n2)cc1. The Hall–Kier alpha value is -2.92. The van der Waals surface area contributed by atoms with E-state index in [0.29, 0.717) is 0 Å². The van der Waals surface area contributed by atoms with E-state index < -0.39 is 8.07 Å². The second-order valence-electron chi connectivity index (χ2n) is 5.40. The fraction of sp³-hybridized carbons (Fsp3) is 0. The maximum atomic E-state index is 4.58. The van der Waals surface area contributed by atoms with Crippen LogP contribution in [0.1, 0.15) is 0 Å². The van der Waals surface area contributed by atoms with Crippen molar-refractivity contribution in [2.75, 3.05) is 0 Å². The van der Waals surface area contributed by atoms with Crippen LogP contribution in [0.3, 0.4) is 0 Å². The first-order valence-electron chi connectivity index (χ1n) is 7.54. The fourth-order valence-electron chi connectivity index (χ4n) is 3.20. The predicted octanol–water partition coefficient (Wildman–Crippen LogP) is 0.510. The molecule has 0 unspecified atom stereocenters. The summed E-state index contributed by atoms with van der Waals surface area (Å²) in [6.07, 6.45) is 3.77. The van der Waals surface area contributed by atoms with Crippen molar-refractivity contribution in [1.82, 2.24) is 20.4 Å². The summed E-state index contributed by atoms with van der Waals surface area (Å²) in [6, 6.07) is 25.3. The molecule has 0 bridgehead atoms. The van der Waals surface area contributed by atoms with Gasteiger partial charge >= 0.3 is 0 Å². The Bertz CT molecular complexity index is 780. The second kappa shape index (κ2) is 5.70. The zero-order chi connectivity index (χ0) is 15.5. The van der Waals surface area contributed by atoms with Crippen molar-refractivity contribution in [2.24, 2.45) is 0 Å². The van der Waals surface area contributed by atoms with Crippen molar-refractivity contribution < 1.29 is 0 Å². The first kappa shape index (κ1) is 13.7. The Morgan fingerprint density at radius 2 is 1.00 bits per heavy atom. The smallest absolute Gasteiger partial charge is 0.228 e. The maximum absolute atomic E-state index is 4.58. The molecular weight excluding hydrogens is 300 g/mol. The van der Waals surface area contributed by atoms with Gasteiger partial charge in [0.1, 0.15) is 0 Å². The van der Waals surface area contributed by atoms with E-state index in [1.165, 1.54) is 10.4 Å². The zero-order valence-electron chi connectivity index (χ0n) is 12.5. The summed E-state index contributed by atoms with van der Waals surface area (Å²) in [7, 11) is -2.48. The van der Waals surface area contributed by atoms with Gasteiger partial charge in [0.15, 0.2) is 0 Å². The van der Waals surface area contributed by atoms with Gasteiger partial charge in [-0.1, -0.05) is 60.7 Å². The summed E-state index contributed by atoms with van der Waals surface area (Å²) in [5.41, 5.74) is 0. The molecule has 112 valence electrons. The lowest BCUT2D eigenvalue weighted by molar-refractivity contribution is 1.10. The van der Waals surface area contributed by atoms with E-state index in [2.05, 4.69) is 81.1 Å². The quantitative estimate of drug-likeness (QED) is 0.539. The maximum Gasteiger partial charge on any atom is 0.228 e. The van der Waals surface area contributed by atoms with Gasteiger partial charge in [0, 0.05) is 12.4 Å². The molecule has 0 fully saturated rings. The van der Waals surface area contributed by atoms with Gasteiger partial charge in [-0.05, 0) is 22.5 Å². The molecule has 0 aliphatic rings. The van der Waals surface area contributed by atoms with Crippen LogP contribution in [0.25, 0.3) is 0 Å². The first-order chi connectivity index (χ1) is 11.4. The number of nitrogens with zero attached hydrogens (tertiary/aromatic N) is 2. The van der Waals surface area contributed by atoms with E-state index in [9.17, 15) is 0 Å². The van der Waals surface area contributed by atoms with Crippen LogP contribution in [0.15, 0.2) is 85.2 Å². The number of aromatic amines is 2. The molecule has 5 heteroatoms. The molecule has 4 nitrogen and oxygen atoms in total. The van der Waals surface area contributed by atoms with Crippen molar-refractivity contribution in [3.05, 3.63) is 85.2 Å². The molecule has 2 N–H and O–H groups in total. The van der Waals surface area contributed by atoms with Crippen LogP contribution in [0.4, 0.5) is 0 Å². The third-order valence-corrected chi connectivity index (χ3v) is 8.68. The van der Waals surface area contributed by atoms with Gasteiger partial charge in [-0.2, -0.15) is 10.2 Å². The van der Waals surface area contributed by atoms with Gasteiger partial charge in [-0.25, -0.2) is 0 Å². The van der Waals surface area contributed by atoms with Gasteiger partial charge in [0.2, 0.25) is 8.07 Å². The minimum atomic E-state index is -2.48. The molecular formula is C18H16N4Si. The van der Waals surface area contributed by atoms with E-state index in [1.54, 1.807) is 0 Å². The Morgan fingerprint density at radius 3 is 1.35 bits per heavy atom. The van der Waals surface area contributed by atoms with E-state index >= 15 is 0 Å². The Morgan fingerprint density at radius 1 is 0.565 bits per heavy atom. The monoisotopic (exact) mass is 316 g/mol. The van der Waals surface area contributed by atoms with Crippen LogP contribution >= 0.6 is 0 Å². The Labute approximate surface area is 135 Å². The lowest BCUT2D eigenvalue weighted by Gasteiger charge is -2.29. The van der Waals surface area contributed by atoms with Crippen LogP contribution in [0.5, 0.6) is 0 Å². The zero-order valence-corrected chi connectivity index (χ0v) is 13.5. The molecule has 2 heterocycles. The van der Waals surface area contributed by atoms with Gasteiger partial charge in [-0.3, -0.25) is 10.2 Å². The van der Waals surface area contributed by atoms with Crippen molar-refractivity contribution in [2.45, 2.75) is 0 Å². The van der Waals surface area contributed by atoms with Crippen LogP contribution in [0, 0.1) is 0 Å². The number of hydrogen-bond donors (Lipinski definition) is 2. The molecule has 2 aromatic heterocycles. The molecule has 4 rings (SSSR count). The number of H-pyrrole nitrogens is 2. The van der Waals surface area contributed by atoms with E-state index in [1.807, 2.05) is 24.5 Å². The summed E-state index contributed by atoms with van der Waals surface area (Å²) >= 11 is 0. The van der Waals surface area contributed by atoms with Gasteiger partial charge < -0.3 is 0 Å². The molecule has 2 aromatic carbocycles. The van der Waals surface area contributed by atoms with E-state index in [-0.39, 0.29) is 0 Å². The number of hydrogen-bond acceptors (Lipinski definition) is 2. The predicted molar refractivity (Wildman–Crippen MR) is 94.3 cm³/mol. The lowest BCUT2D eigenvalue weighted by atomic mass is 10.4. The van der Waals surface area contributed by atoms with Gasteiger partial charge in [0.25, 0.3) is 0 Å². The van der Waals surface area contributed by atoms with Crippen LogP contribution in [0.2, 0.25) is 0 Å². The fourth-order valence-corrected chi connectivity index (χ4v) is 7.50. The van der Waals surface area contributed by atoms with E-state index in [4.69, 9.17) is 0 Å². The summed E-state index contributed by atoms with van der Waals surface area (Å²) < 4.78 is 0. The molecule has 4 aromatic rings. The molecule has 23 heavy (non-hydrogen) atoms. The molecule has 0 spiro atoms. The molecule has 0 saturated heterocycles. The highest BCUT2D eigenvalue weighted by Gasteiger charge is 2.45. The average Bonchev–Trinajstić information content (AvgIpc) is 3.32. The summed E-state index contributed by atoms with van der Waals surface area (Å²) in [5.74, 6) is 0. The highest BCUT2D eigenvalue weighted by molar-refractivity contribution is 7.19. The summed E-state index contributed by atoms with van der Waals surface area (Å²) in [5, 5.41) is 19.8. The first-order valence-corrected chi connectivity index (χ1v) is 9.54. The largest absolute Gasteiger partial charge is 0.286 e. The molecule has 0 saturated carbocycles. The molecule has 0 aliphatic heterocycles. The lowest BCUT2D eigenvalue weighted by Crippen LogP contribution is -2.75. The number of rotatable bonds is 4. The average molecular weight is 316 g/mol. The van der Waals surface area contributed by atoms with Gasteiger partial charge in [0.05, 0.1) is 10.6 Å². The highest BCUT2D eigenvalue weighted by Crippen LogP contribution is 2.06. The van der Waals surface area contributed by atoms with Crippen molar-refractivity contribution in [3.63, 3.8) is 0 Å². The molecule has 0 amide bonds. The van der Waals surface area contributed by atoms with Crippen molar-refractivity contribution in [1.29, 1.82) is 0 Å². The number of nitrogens with one attached hydrogen (secondary N) is 2. The highest BCUT2D eigenvalue weighted by atomic mass is 28.3.